The predicted octanol–water partition coefficient (Wildman–Crippen LogP) is 2.83. The van der Waals surface area contributed by atoms with Gasteiger partial charge in [-0.3, -0.25) is 4.79 Å². The van der Waals surface area contributed by atoms with Crippen molar-refractivity contribution in [2.24, 2.45) is 10.2 Å². The Morgan fingerprint density at radius 1 is 1.14 bits per heavy atom. The molecule has 2 aromatic rings. The van der Waals surface area contributed by atoms with Crippen molar-refractivity contribution in [1.82, 2.24) is 0 Å². The Morgan fingerprint density at radius 3 is 2.36 bits per heavy atom. The number of rotatable bonds is 4. The molecule has 0 atom stereocenters. The molecule has 7 nitrogen and oxygen atoms in total. The van der Waals surface area contributed by atoms with Crippen LogP contribution in [-0.4, -0.2) is 26.2 Å². The summed E-state index contributed by atoms with van der Waals surface area (Å²) in [6, 6.07) is 7.60. The van der Waals surface area contributed by atoms with E-state index in [1.54, 1.807) is 12.1 Å². The van der Waals surface area contributed by atoms with Crippen LogP contribution in [0, 0.1) is 0 Å². The number of alkyl halides is 3. The van der Waals surface area contributed by atoms with E-state index >= 15 is 0 Å². The number of benzene rings is 1. The largest absolute Gasteiger partial charge is 0.465 e. The standard InChI is InChI=1S/C17H12F3N3O4S/c18-17(19,20)15-14(5-1-3-12-4-2-10-27-12)16(24)23(22-15)11-6-8-13(9-7-11)28(21,25)26/h1-10H,(H2,21,25,26)/b3-1+,14-5-. The van der Waals surface area contributed by atoms with E-state index in [2.05, 4.69) is 5.10 Å². The summed E-state index contributed by atoms with van der Waals surface area (Å²) in [5, 5.41) is 8.89. The maximum absolute atomic E-state index is 13.3. The molecule has 28 heavy (non-hydrogen) atoms. The fraction of sp³-hybridized carbons (Fsp3) is 0.0588. The molecule has 1 aromatic carbocycles. The molecule has 0 spiro atoms. The second-order valence-electron chi connectivity index (χ2n) is 5.56. The van der Waals surface area contributed by atoms with E-state index in [1.165, 1.54) is 18.4 Å². The van der Waals surface area contributed by atoms with E-state index in [9.17, 15) is 26.4 Å². The lowest BCUT2D eigenvalue weighted by Gasteiger charge is -2.11. The van der Waals surface area contributed by atoms with Gasteiger partial charge in [-0.05, 0) is 48.6 Å². The SMILES string of the molecule is NS(=O)(=O)c1ccc(N2N=C(C(F)(F)F)/C(=C/C=C/c3ccco3)C2=O)cc1. The van der Waals surface area contributed by atoms with Gasteiger partial charge in [-0.15, -0.1) is 0 Å². The van der Waals surface area contributed by atoms with Crippen LogP contribution < -0.4 is 10.1 Å². The molecule has 3 rings (SSSR count). The van der Waals surface area contributed by atoms with Gasteiger partial charge >= 0.3 is 6.18 Å². The van der Waals surface area contributed by atoms with E-state index in [0.717, 1.165) is 30.3 Å². The van der Waals surface area contributed by atoms with E-state index in [4.69, 9.17) is 9.56 Å². The van der Waals surface area contributed by atoms with Crippen LogP contribution in [0.15, 0.2) is 74.8 Å². The summed E-state index contributed by atoms with van der Waals surface area (Å²) < 4.78 is 67.5. The molecule has 1 amide bonds. The lowest BCUT2D eigenvalue weighted by molar-refractivity contribution is -0.114. The lowest BCUT2D eigenvalue weighted by atomic mass is 10.1. The van der Waals surface area contributed by atoms with Crippen molar-refractivity contribution in [3.63, 3.8) is 0 Å². The van der Waals surface area contributed by atoms with Gasteiger partial charge in [0.2, 0.25) is 10.0 Å². The minimum absolute atomic E-state index is 0.0439. The van der Waals surface area contributed by atoms with Gasteiger partial charge in [-0.1, -0.05) is 6.08 Å². The van der Waals surface area contributed by atoms with Gasteiger partial charge in [0.05, 0.1) is 22.4 Å². The average molecular weight is 411 g/mol. The Labute approximate surface area is 157 Å². The van der Waals surface area contributed by atoms with Gasteiger partial charge in [0.1, 0.15) is 5.76 Å². The minimum Gasteiger partial charge on any atom is -0.465 e. The number of primary sulfonamides is 1. The van der Waals surface area contributed by atoms with E-state index in [1.807, 2.05) is 0 Å². The number of hydrazone groups is 1. The van der Waals surface area contributed by atoms with Crippen LogP contribution in [0.25, 0.3) is 6.08 Å². The third kappa shape index (κ3) is 4.05. The van der Waals surface area contributed by atoms with Crippen LogP contribution in [0.3, 0.4) is 0 Å². The lowest BCUT2D eigenvalue weighted by Crippen LogP contribution is -2.25. The normalized spacial score (nSPS) is 17.0. The first-order chi connectivity index (χ1) is 13.1. The van der Waals surface area contributed by atoms with Crippen molar-refractivity contribution in [2.45, 2.75) is 11.1 Å². The Morgan fingerprint density at radius 2 is 1.82 bits per heavy atom. The van der Waals surface area contributed by atoms with Crippen molar-refractivity contribution in [3.05, 3.63) is 66.1 Å². The van der Waals surface area contributed by atoms with Crippen molar-refractivity contribution >= 4 is 33.4 Å². The zero-order valence-corrected chi connectivity index (χ0v) is 14.7. The molecular weight excluding hydrogens is 399 g/mol. The molecule has 0 unspecified atom stereocenters. The highest BCUT2D eigenvalue weighted by atomic mass is 32.2. The number of carbonyl (C=O) groups excluding carboxylic acids is 1. The first-order valence-electron chi connectivity index (χ1n) is 7.63. The first kappa shape index (κ1) is 19.6. The molecule has 0 saturated heterocycles. The molecule has 0 radical (unpaired) electrons. The number of anilines is 1. The highest BCUT2D eigenvalue weighted by Gasteiger charge is 2.46. The van der Waals surface area contributed by atoms with E-state index in [-0.39, 0.29) is 10.6 Å². The highest BCUT2D eigenvalue weighted by Crippen LogP contribution is 2.32. The second-order valence-corrected chi connectivity index (χ2v) is 7.12. The maximum Gasteiger partial charge on any atom is 0.435 e. The number of hydrogen-bond acceptors (Lipinski definition) is 5. The number of carbonyl (C=O) groups is 1. The molecule has 2 N–H and O–H groups in total. The number of nitrogens with two attached hydrogens (primary N) is 1. The number of amides is 1. The molecule has 1 aliphatic rings. The molecule has 0 fully saturated rings. The third-order valence-electron chi connectivity index (χ3n) is 3.62. The molecule has 1 aromatic heterocycles. The van der Waals surface area contributed by atoms with E-state index in [0.29, 0.717) is 10.8 Å². The molecule has 0 aliphatic carbocycles. The number of hydrogen-bond donors (Lipinski definition) is 1. The zero-order valence-electron chi connectivity index (χ0n) is 13.9. The minimum atomic E-state index is -4.87. The van der Waals surface area contributed by atoms with Gasteiger partial charge in [0.25, 0.3) is 5.91 Å². The quantitative estimate of drug-likeness (QED) is 0.781. The molecule has 0 bridgehead atoms. The summed E-state index contributed by atoms with van der Waals surface area (Å²) in [5.41, 5.74) is -2.07. The van der Waals surface area contributed by atoms with Crippen LogP contribution in [0.4, 0.5) is 18.9 Å². The second kappa shape index (κ2) is 7.09. The highest BCUT2D eigenvalue weighted by molar-refractivity contribution is 7.89. The van der Waals surface area contributed by atoms with Crippen molar-refractivity contribution in [1.29, 1.82) is 0 Å². The number of halogens is 3. The average Bonchev–Trinajstić information content (AvgIpc) is 3.23. The molecule has 0 saturated carbocycles. The van der Waals surface area contributed by atoms with Crippen molar-refractivity contribution in [3.8, 4) is 0 Å². The summed E-state index contributed by atoms with van der Waals surface area (Å²) in [4.78, 5) is 12.2. The van der Waals surface area contributed by atoms with Crippen molar-refractivity contribution < 1.29 is 30.8 Å². The monoisotopic (exact) mass is 411 g/mol. The summed E-state index contributed by atoms with van der Waals surface area (Å²) in [5.74, 6) is -0.622. The number of nitrogens with zero attached hydrogens (tertiary/aromatic N) is 2. The van der Waals surface area contributed by atoms with E-state index < -0.39 is 33.4 Å². The smallest absolute Gasteiger partial charge is 0.435 e. The third-order valence-corrected chi connectivity index (χ3v) is 4.55. The number of sulfonamides is 1. The van der Waals surface area contributed by atoms with Crippen LogP contribution in [0.1, 0.15) is 5.76 Å². The Hall–Kier alpha value is -3.18. The Bertz CT molecular complexity index is 1080. The Balaban J connectivity index is 1.96. The molecule has 11 heteroatoms. The molecule has 146 valence electrons. The topological polar surface area (TPSA) is 106 Å². The van der Waals surface area contributed by atoms with Gasteiger partial charge in [-0.25, -0.2) is 13.6 Å². The zero-order chi connectivity index (χ0) is 20.5. The van der Waals surface area contributed by atoms with Crippen molar-refractivity contribution in [2.75, 3.05) is 5.01 Å². The Kier molecular flexibility index (Phi) is 4.96. The fourth-order valence-corrected chi connectivity index (χ4v) is 2.87. The van der Waals surface area contributed by atoms with Crippen LogP contribution >= 0.6 is 0 Å². The fourth-order valence-electron chi connectivity index (χ4n) is 2.35. The van der Waals surface area contributed by atoms with Gasteiger partial charge in [-0.2, -0.15) is 23.3 Å². The number of furan rings is 1. The van der Waals surface area contributed by atoms with Gasteiger partial charge in [0, 0.05) is 0 Å². The number of allylic oxidation sites excluding steroid dienone is 2. The molecule has 2 heterocycles. The molecule has 1 aliphatic heterocycles. The summed E-state index contributed by atoms with van der Waals surface area (Å²) in [6.07, 6.45) is 0.132. The summed E-state index contributed by atoms with van der Waals surface area (Å²) >= 11 is 0. The summed E-state index contributed by atoms with van der Waals surface area (Å²) in [7, 11) is -3.98. The maximum atomic E-state index is 13.3. The van der Waals surface area contributed by atoms with Gasteiger partial charge < -0.3 is 4.42 Å². The predicted molar refractivity (Wildman–Crippen MR) is 94.6 cm³/mol. The summed E-state index contributed by atoms with van der Waals surface area (Å²) in [6.45, 7) is 0. The van der Waals surface area contributed by atoms with Crippen LogP contribution in [0.2, 0.25) is 0 Å². The molecular formula is C17H12F3N3O4S. The van der Waals surface area contributed by atoms with Crippen LogP contribution in [0.5, 0.6) is 0 Å². The first-order valence-corrected chi connectivity index (χ1v) is 9.17. The van der Waals surface area contributed by atoms with Crippen LogP contribution in [-0.2, 0) is 14.8 Å². The van der Waals surface area contributed by atoms with Gasteiger partial charge in [0.15, 0.2) is 5.71 Å².